The largest absolute Gasteiger partial charge is 0.480 e. The van der Waals surface area contributed by atoms with E-state index in [0.717, 1.165) is 63.2 Å². The molecule has 117 heavy (non-hydrogen) atoms. The lowest BCUT2D eigenvalue weighted by Crippen LogP contribution is -2.57. The Balaban J connectivity index is 0.852. The lowest BCUT2D eigenvalue weighted by atomic mass is 10.3. The number of aromatic amines is 2. The van der Waals surface area contributed by atoms with Crippen molar-refractivity contribution >= 4 is 134 Å². The molecule has 0 aliphatic carbocycles. The minimum Gasteiger partial charge on any atom is -0.480 e. The van der Waals surface area contributed by atoms with Gasteiger partial charge in [0.2, 0.25) is 70.9 Å². The molecule has 11 amide bonds. The van der Waals surface area contributed by atoms with Crippen molar-refractivity contribution in [3.63, 3.8) is 0 Å². The first-order chi connectivity index (χ1) is 55.8. The van der Waals surface area contributed by atoms with E-state index in [0.29, 0.717) is 0 Å². The van der Waals surface area contributed by atoms with Crippen molar-refractivity contribution in [1.29, 1.82) is 0 Å². The predicted molar refractivity (Wildman–Crippen MR) is 404 cm³/mol. The summed E-state index contributed by atoms with van der Waals surface area (Å²) < 4.78 is 6.54. The van der Waals surface area contributed by atoms with E-state index >= 15 is 0 Å². The number of rotatable bonds is 41. The monoisotopic (exact) mass is 1630 g/mol. The third-order valence-electron chi connectivity index (χ3n) is 17.2. The second kappa shape index (κ2) is 39.6. The van der Waals surface area contributed by atoms with Gasteiger partial charge >= 0.3 is 23.0 Å². The fourth-order valence-corrected chi connectivity index (χ4v) is 11.4. The number of nitrogens with zero attached hydrogens (tertiary/aromatic N) is 22. The van der Waals surface area contributed by atoms with Crippen LogP contribution in [0, 0.1) is 6.92 Å². The highest BCUT2D eigenvalue weighted by Crippen LogP contribution is 2.17. The van der Waals surface area contributed by atoms with Gasteiger partial charge in [-0.25, -0.2) is 49.3 Å². The van der Waals surface area contributed by atoms with Crippen molar-refractivity contribution in [1.82, 2.24) is 143 Å². The summed E-state index contributed by atoms with van der Waals surface area (Å²) in [5, 5.41) is 22.4. The number of nitrogens with one attached hydrogen (secondary N) is 7. The molecule has 0 saturated heterocycles. The molecule has 21 N–H and O–H groups in total. The van der Waals surface area contributed by atoms with Gasteiger partial charge in [-0.05, 0) is 19.1 Å². The number of anilines is 5. The highest BCUT2D eigenvalue weighted by atomic mass is 16.4. The first-order valence-electron chi connectivity index (χ1n) is 35.3. The third-order valence-corrected chi connectivity index (χ3v) is 17.2. The number of nitrogens with two attached hydrogens (primary N) is 5. The smallest absolute Gasteiger partial charge is 0.349 e. The number of carbonyl (C=O) groups excluding carboxylic acids is 11. The van der Waals surface area contributed by atoms with Crippen molar-refractivity contribution in [3.05, 3.63) is 120 Å². The number of quaternary nitrogens is 1. The SMILES string of the molecule is Cc1cn(CC(=O)N(CCNC(=O)CN(CCNC(=O)CN(CCNC(=O)CN(CCNC(=O)CN(CC[NH3+])C(=O)Cn2cnc3c(=O)[nH]c(N)nc32)C(=O)Cn2cnc3c(N)ncnc32)C(=O)Cn2cnc3c(N)ncnc32)C(=O)Cn2ccc(N)nc2=O)CC(=O)NCCN(CC(=O)O)C(=O)Cn2ccc(N)nc2=O)c(=O)[nH]c1=O. The number of hydrogen-bond donors (Lipinski definition) is 14. The average molecular weight is 1630 g/mol. The molecule has 0 aliphatic heterocycles. The van der Waals surface area contributed by atoms with Crippen LogP contribution in [-0.2, 0) is 96.8 Å². The Bertz CT molecular complexity index is 5570. The van der Waals surface area contributed by atoms with E-state index in [-0.39, 0.29) is 101 Å². The molecule has 620 valence electrons. The van der Waals surface area contributed by atoms with Crippen LogP contribution in [0.1, 0.15) is 5.56 Å². The van der Waals surface area contributed by atoms with Crippen LogP contribution in [0.5, 0.6) is 0 Å². The van der Waals surface area contributed by atoms with Crippen molar-refractivity contribution in [2.45, 2.75) is 46.2 Å². The number of carbonyl (C=O) groups is 12. The maximum Gasteiger partial charge on any atom is 0.349 e. The van der Waals surface area contributed by atoms with E-state index in [4.69, 9.17) is 28.7 Å². The van der Waals surface area contributed by atoms with Gasteiger partial charge in [-0.1, -0.05) is 0 Å². The molecule has 9 aromatic rings. The van der Waals surface area contributed by atoms with Gasteiger partial charge in [-0.3, -0.25) is 90.8 Å². The first-order valence-corrected chi connectivity index (χ1v) is 35.3. The molecule has 0 unspecified atom stereocenters. The fourth-order valence-electron chi connectivity index (χ4n) is 11.4. The Labute approximate surface area is 655 Å². The Morgan fingerprint density at radius 1 is 0.410 bits per heavy atom. The summed E-state index contributed by atoms with van der Waals surface area (Å²) in [6.07, 6.45) is 9.45. The summed E-state index contributed by atoms with van der Waals surface area (Å²) >= 11 is 0. The van der Waals surface area contributed by atoms with Crippen molar-refractivity contribution in [2.24, 2.45) is 0 Å². The number of hydrogen-bond acceptors (Lipinski definition) is 32. The Kier molecular flexibility index (Phi) is 28.9. The number of aromatic nitrogens is 18. The highest BCUT2D eigenvalue weighted by molar-refractivity contribution is 5.91. The molecular weight excluding hydrogens is 1550 g/mol. The molecule has 9 aromatic heterocycles. The minimum absolute atomic E-state index is 0.0141. The summed E-state index contributed by atoms with van der Waals surface area (Å²) in [5.74, 6) is -10.8. The second-order valence-electron chi connectivity index (χ2n) is 25.7. The fraction of sp³-hybridized carbons (Fsp3) is 0.391. The molecular formula is C64H82N35O18+. The Hall–Kier alpha value is -15.5. The number of nitrogen functional groups attached to an aromatic ring is 5. The summed E-state index contributed by atoms with van der Waals surface area (Å²) in [7, 11) is 0. The van der Waals surface area contributed by atoms with Gasteiger partial charge in [0.15, 0.2) is 34.1 Å². The van der Waals surface area contributed by atoms with Crippen molar-refractivity contribution < 1.29 is 68.4 Å². The molecule has 0 radical (unpaired) electrons. The van der Waals surface area contributed by atoms with E-state index in [1.807, 2.05) is 0 Å². The summed E-state index contributed by atoms with van der Waals surface area (Å²) in [5.41, 5.74) is 29.1. The highest BCUT2D eigenvalue weighted by Gasteiger charge is 2.28. The van der Waals surface area contributed by atoms with Crippen LogP contribution in [0.2, 0.25) is 0 Å². The van der Waals surface area contributed by atoms with E-state index < -0.39 is 223 Å². The van der Waals surface area contributed by atoms with Crippen molar-refractivity contribution in [3.8, 4) is 0 Å². The van der Waals surface area contributed by atoms with Gasteiger partial charge in [0.05, 0.1) is 64.8 Å². The van der Waals surface area contributed by atoms with Crippen LogP contribution in [0.3, 0.4) is 0 Å². The summed E-state index contributed by atoms with van der Waals surface area (Å²) in [4.78, 5) is 277. The molecule has 9 rings (SSSR count). The molecule has 0 spiro atoms. The normalized spacial score (nSPS) is 11.1. The number of aliphatic carboxylic acids is 1. The average Bonchev–Trinajstić information content (AvgIpc) is 1.67. The summed E-state index contributed by atoms with van der Waals surface area (Å²) in [6, 6.07) is 2.46. The maximum absolute atomic E-state index is 14.4. The van der Waals surface area contributed by atoms with Crippen LogP contribution >= 0.6 is 0 Å². The molecule has 0 aromatic carbocycles. The number of carboxylic acids is 1. The standard InChI is InChI=1S/C64H81N35O18/c1-36-18-96(64(117)87-59(36)113)26-46(107)90(21-41(102)75-9-17-93(30-50(111)112)45(106)25-95-11-3-38(67)84-63(95)116)14-6-73-40(101)20-89(44(105)24-94-10-2-37(66)83-62(94)115)13-5-72-42(103)22-92(49(110)28-98-34-81-52-55(69)77-32-79-57(52)98)16-8-74-43(104)23-91(48(109)27-97-33-80-51-54(68)76-31-78-56(51)97)15-7-71-39(100)19-88(12-4-65)47(108)29-99-35-82-53-58(99)85-61(70)86-60(53)114/h2-3,10-11,18,31-35H,4-9,12-17,19-30,65H2,1H3,(H,71,100)(H,72,103)(H,73,101)(H,74,104)(H,75,102)(H,111,112)(H2,66,83,115)(H2,67,84,116)(H2,68,76,78)(H2,69,77,79)(H,87,113,117)(H3,70,85,86,114)/p+1. The zero-order valence-corrected chi connectivity index (χ0v) is 62.6. The zero-order chi connectivity index (χ0) is 84.7. The second-order valence-corrected chi connectivity index (χ2v) is 25.7. The van der Waals surface area contributed by atoms with Crippen LogP contribution in [-0.4, -0.2) is 310 Å². The van der Waals surface area contributed by atoms with Crippen LogP contribution in [0.25, 0.3) is 33.5 Å². The molecule has 53 nitrogen and oxygen atoms in total. The Morgan fingerprint density at radius 3 is 1.10 bits per heavy atom. The van der Waals surface area contributed by atoms with E-state index in [9.17, 15) is 86.6 Å². The van der Waals surface area contributed by atoms with Gasteiger partial charge in [-0.2, -0.15) is 15.0 Å². The molecule has 53 heteroatoms. The molecule has 9 heterocycles. The van der Waals surface area contributed by atoms with Crippen LogP contribution in [0.4, 0.5) is 29.2 Å². The van der Waals surface area contributed by atoms with Gasteiger partial charge in [0, 0.05) is 89.6 Å². The number of fused-ring (bicyclic) bond motifs is 3. The van der Waals surface area contributed by atoms with Crippen molar-refractivity contribution in [2.75, 3.05) is 146 Å². The van der Waals surface area contributed by atoms with Gasteiger partial charge < -0.3 is 109 Å². The number of aryl methyl sites for hydroxylation is 1. The van der Waals surface area contributed by atoms with Crippen LogP contribution < -0.4 is 89.2 Å². The lowest BCUT2D eigenvalue weighted by molar-refractivity contribution is -0.368. The van der Waals surface area contributed by atoms with E-state index in [1.165, 1.54) is 62.8 Å². The number of H-pyrrole nitrogens is 2. The van der Waals surface area contributed by atoms with Gasteiger partial charge in [-0.15, -0.1) is 0 Å². The quantitative estimate of drug-likeness (QED) is 0.0169. The molecule has 0 atom stereocenters. The van der Waals surface area contributed by atoms with E-state index in [2.05, 4.69) is 92.1 Å². The minimum atomic E-state index is -1.44. The number of amides is 11. The maximum atomic E-state index is 14.4. The molecule has 0 bridgehead atoms. The Morgan fingerprint density at radius 2 is 0.744 bits per heavy atom. The van der Waals surface area contributed by atoms with E-state index in [1.54, 1.807) is 0 Å². The first kappa shape index (κ1) is 85.5. The van der Waals surface area contributed by atoms with Crippen LogP contribution in [0.15, 0.2) is 86.3 Å². The third kappa shape index (κ3) is 23.8. The number of carboxylic acid groups (broad SMARTS) is 1. The topological polar surface area (TPSA) is 738 Å². The van der Waals surface area contributed by atoms with Gasteiger partial charge in [0.1, 0.15) is 81.1 Å². The molecule has 0 fully saturated rings. The molecule has 0 saturated carbocycles. The predicted octanol–water partition coefficient (Wildman–Crippen LogP) is -13.0. The molecule has 0 aliphatic rings. The van der Waals surface area contributed by atoms with Gasteiger partial charge in [0.25, 0.3) is 11.1 Å². The lowest BCUT2D eigenvalue weighted by Gasteiger charge is -2.26. The summed E-state index contributed by atoms with van der Waals surface area (Å²) in [6.45, 7) is -10.2. The number of imidazole rings is 3. The zero-order valence-electron chi connectivity index (χ0n) is 62.6.